The van der Waals surface area contributed by atoms with Gasteiger partial charge in [0.15, 0.2) is 0 Å². The number of nitrogens with one attached hydrogen (secondary N) is 1. The second-order valence-corrected chi connectivity index (χ2v) is 6.64. The fraction of sp³-hybridized carbons (Fsp3) is 0.0435. The predicted octanol–water partition coefficient (Wildman–Crippen LogP) is 5.10. The third kappa shape index (κ3) is 3.48. The molecular weight excluding hydrogens is 381 g/mol. The quantitative estimate of drug-likeness (QED) is 0.445. The molecular formula is C23H16FN5O. The van der Waals surface area contributed by atoms with E-state index in [1.54, 1.807) is 18.2 Å². The van der Waals surface area contributed by atoms with Crippen molar-refractivity contribution < 1.29 is 8.81 Å². The number of aromatic nitrogens is 4. The molecule has 30 heavy (non-hydrogen) atoms. The Morgan fingerprint density at radius 3 is 2.37 bits per heavy atom. The molecule has 0 aliphatic rings. The highest BCUT2D eigenvalue weighted by atomic mass is 19.1. The largest absolute Gasteiger partial charge is 0.413 e. The highest BCUT2D eigenvalue weighted by Crippen LogP contribution is 2.27. The third-order valence-corrected chi connectivity index (χ3v) is 4.64. The number of halogens is 1. The summed E-state index contributed by atoms with van der Waals surface area (Å²) in [7, 11) is 0. The molecule has 3 aromatic carbocycles. The Hall–Kier alpha value is -4.13. The number of para-hydroxylation sites is 1. The van der Waals surface area contributed by atoms with E-state index in [0.717, 1.165) is 16.5 Å². The molecule has 0 aliphatic heterocycles. The molecule has 146 valence electrons. The van der Waals surface area contributed by atoms with Gasteiger partial charge in [0.2, 0.25) is 11.7 Å². The lowest BCUT2D eigenvalue weighted by atomic mass is 10.2. The van der Waals surface area contributed by atoms with E-state index in [1.165, 1.54) is 6.07 Å². The van der Waals surface area contributed by atoms with Crippen molar-refractivity contribution in [2.45, 2.75) is 6.54 Å². The minimum atomic E-state index is -0.270. The first kappa shape index (κ1) is 17.9. The zero-order valence-electron chi connectivity index (χ0n) is 15.8. The highest BCUT2D eigenvalue weighted by molar-refractivity contribution is 5.90. The predicted molar refractivity (Wildman–Crippen MR) is 112 cm³/mol. The van der Waals surface area contributed by atoms with Gasteiger partial charge in [-0.05, 0) is 30.3 Å². The maximum absolute atomic E-state index is 14.0. The van der Waals surface area contributed by atoms with Gasteiger partial charge < -0.3 is 9.73 Å². The fourth-order valence-corrected chi connectivity index (χ4v) is 3.14. The van der Waals surface area contributed by atoms with E-state index in [9.17, 15) is 4.39 Å². The molecule has 5 aromatic rings. The van der Waals surface area contributed by atoms with E-state index in [-0.39, 0.29) is 18.3 Å². The van der Waals surface area contributed by atoms with Crippen LogP contribution in [-0.2, 0) is 6.54 Å². The van der Waals surface area contributed by atoms with E-state index in [0.29, 0.717) is 23.1 Å². The van der Waals surface area contributed by atoms with Gasteiger partial charge in [-0.2, -0.15) is 0 Å². The molecule has 0 saturated heterocycles. The molecule has 2 heterocycles. The number of rotatable bonds is 5. The molecule has 0 amide bonds. The Morgan fingerprint density at radius 1 is 0.767 bits per heavy atom. The molecule has 0 atom stereocenters. The van der Waals surface area contributed by atoms with Gasteiger partial charge in [-0.25, -0.2) is 14.4 Å². The number of fused-ring (bicyclic) bond motifs is 1. The Labute approximate surface area is 171 Å². The Morgan fingerprint density at radius 2 is 1.50 bits per heavy atom. The van der Waals surface area contributed by atoms with Crippen LogP contribution in [-0.4, -0.2) is 20.2 Å². The molecule has 2 aromatic heterocycles. The number of hydrogen-bond acceptors (Lipinski definition) is 6. The molecule has 7 heteroatoms. The van der Waals surface area contributed by atoms with E-state index in [2.05, 4.69) is 25.5 Å². The van der Waals surface area contributed by atoms with Crippen LogP contribution in [0.4, 0.5) is 10.2 Å². The van der Waals surface area contributed by atoms with Crippen LogP contribution in [0.1, 0.15) is 5.56 Å². The molecule has 0 unspecified atom stereocenters. The molecule has 0 radical (unpaired) electrons. The van der Waals surface area contributed by atoms with E-state index in [4.69, 9.17) is 4.42 Å². The van der Waals surface area contributed by atoms with Crippen molar-refractivity contribution in [1.29, 1.82) is 0 Å². The van der Waals surface area contributed by atoms with Crippen molar-refractivity contribution in [2.75, 3.05) is 5.32 Å². The summed E-state index contributed by atoms with van der Waals surface area (Å²) >= 11 is 0. The minimum absolute atomic E-state index is 0.216. The van der Waals surface area contributed by atoms with Crippen molar-refractivity contribution in [3.05, 3.63) is 90.2 Å². The van der Waals surface area contributed by atoms with Gasteiger partial charge in [0, 0.05) is 23.1 Å². The van der Waals surface area contributed by atoms with Crippen LogP contribution in [0.15, 0.2) is 83.3 Å². The Bertz CT molecular complexity index is 1320. The monoisotopic (exact) mass is 397 g/mol. The van der Waals surface area contributed by atoms with Crippen LogP contribution in [0.25, 0.3) is 34.1 Å². The first-order valence-electron chi connectivity index (χ1n) is 9.41. The maximum atomic E-state index is 14.0. The summed E-state index contributed by atoms with van der Waals surface area (Å²) < 4.78 is 19.8. The Kier molecular flexibility index (Phi) is 4.61. The van der Waals surface area contributed by atoms with Gasteiger partial charge in [0.05, 0.1) is 5.52 Å². The average molecular weight is 397 g/mol. The van der Waals surface area contributed by atoms with Gasteiger partial charge in [0.1, 0.15) is 11.6 Å². The van der Waals surface area contributed by atoms with Crippen molar-refractivity contribution in [2.24, 2.45) is 0 Å². The Balaban J connectivity index is 1.52. The van der Waals surface area contributed by atoms with Gasteiger partial charge in [-0.15, -0.1) is 10.2 Å². The number of anilines is 1. The van der Waals surface area contributed by atoms with Crippen LogP contribution < -0.4 is 5.32 Å². The molecule has 0 aliphatic carbocycles. The highest BCUT2D eigenvalue weighted by Gasteiger charge is 2.16. The average Bonchev–Trinajstić information content (AvgIpc) is 3.29. The zero-order valence-corrected chi connectivity index (χ0v) is 15.8. The van der Waals surface area contributed by atoms with Gasteiger partial charge >= 0.3 is 0 Å². The minimum Gasteiger partial charge on any atom is -0.413 e. The molecule has 0 bridgehead atoms. The van der Waals surface area contributed by atoms with Crippen molar-refractivity contribution in [3.63, 3.8) is 0 Å². The van der Waals surface area contributed by atoms with Gasteiger partial charge in [0.25, 0.3) is 5.89 Å². The molecule has 0 fully saturated rings. The summed E-state index contributed by atoms with van der Waals surface area (Å²) in [4.78, 5) is 9.15. The summed E-state index contributed by atoms with van der Waals surface area (Å²) in [5.41, 5.74) is 2.08. The number of hydrogen-bond donors (Lipinski definition) is 1. The standard InChI is InChI=1S/C23H16FN5O/c24-18-12-6-4-10-16(18)14-25-20-17-11-5-7-13-19(17)26-21(27-20)23-29-28-22(30-23)15-8-2-1-3-9-15/h1-13H,14H2,(H,25,26,27). The molecule has 6 nitrogen and oxygen atoms in total. The SMILES string of the molecule is Fc1ccccc1CNc1nc(-c2nnc(-c3ccccc3)o2)nc2ccccc12. The summed E-state index contributed by atoms with van der Waals surface area (Å²) in [6.45, 7) is 0.284. The second-order valence-electron chi connectivity index (χ2n) is 6.64. The van der Waals surface area contributed by atoms with Crippen molar-refractivity contribution >= 4 is 16.7 Å². The van der Waals surface area contributed by atoms with Crippen LogP contribution in [0.3, 0.4) is 0 Å². The second kappa shape index (κ2) is 7.71. The molecule has 5 rings (SSSR count). The van der Waals surface area contributed by atoms with Crippen LogP contribution in [0.2, 0.25) is 0 Å². The number of benzene rings is 3. The topological polar surface area (TPSA) is 76.7 Å². The van der Waals surface area contributed by atoms with Crippen LogP contribution >= 0.6 is 0 Å². The van der Waals surface area contributed by atoms with Gasteiger partial charge in [-0.1, -0.05) is 48.5 Å². The lowest BCUT2D eigenvalue weighted by Gasteiger charge is -2.10. The van der Waals surface area contributed by atoms with Crippen LogP contribution in [0.5, 0.6) is 0 Å². The third-order valence-electron chi connectivity index (χ3n) is 4.64. The first-order valence-corrected chi connectivity index (χ1v) is 9.41. The lowest BCUT2D eigenvalue weighted by Crippen LogP contribution is -2.05. The van der Waals surface area contributed by atoms with Crippen molar-refractivity contribution in [3.8, 4) is 23.2 Å². The molecule has 1 N–H and O–H groups in total. The smallest absolute Gasteiger partial charge is 0.286 e. The summed E-state index contributed by atoms with van der Waals surface area (Å²) in [6, 6.07) is 23.7. The fourth-order valence-electron chi connectivity index (χ4n) is 3.14. The van der Waals surface area contributed by atoms with E-state index >= 15 is 0 Å². The lowest BCUT2D eigenvalue weighted by molar-refractivity contribution is 0.579. The first-order chi connectivity index (χ1) is 14.8. The zero-order chi connectivity index (χ0) is 20.3. The van der Waals surface area contributed by atoms with E-state index in [1.807, 2.05) is 54.6 Å². The summed E-state index contributed by atoms with van der Waals surface area (Å²) in [5, 5.41) is 12.3. The summed E-state index contributed by atoms with van der Waals surface area (Å²) in [5.74, 6) is 1.21. The van der Waals surface area contributed by atoms with Crippen molar-refractivity contribution in [1.82, 2.24) is 20.2 Å². The summed E-state index contributed by atoms with van der Waals surface area (Å²) in [6.07, 6.45) is 0. The van der Waals surface area contributed by atoms with Crippen LogP contribution in [0, 0.1) is 5.82 Å². The normalized spacial score (nSPS) is 11.0. The maximum Gasteiger partial charge on any atom is 0.286 e. The van der Waals surface area contributed by atoms with E-state index < -0.39 is 0 Å². The molecule has 0 saturated carbocycles. The van der Waals surface area contributed by atoms with Gasteiger partial charge in [-0.3, -0.25) is 0 Å². The molecule has 0 spiro atoms. The number of nitrogens with zero attached hydrogens (tertiary/aromatic N) is 4.